The quantitative estimate of drug-likeness (QED) is 0.880. The van der Waals surface area contributed by atoms with Crippen molar-refractivity contribution in [1.29, 1.82) is 0 Å². The lowest BCUT2D eigenvalue weighted by Crippen LogP contribution is -2.43. The molecule has 0 radical (unpaired) electrons. The molecule has 1 saturated heterocycles. The molecule has 1 aromatic rings. The van der Waals surface area contributed by atoms with Crippen LogP contribution in [0.25, 0.3) is 0 Å². The fourth-order valence-corrected chi connectivity index (χ4v) is 2.31. The van der Waals surface area contributed by atoms with Crippen molar-refractivity contribution in [3.05, 3.63) is 28.7 Å². The van der Waals surface area contributed by atoms with Crippen LogP contribution in [-0.2, 0) is 4.79 Å². The number of hydrogen-bond acceptors (Lipinski definition) is 3. The zero-order chi connectivity index (χ0) is 13.0. The molecule has 1 heterocycles. The average molecular weight is 349 g/mol. The summed E-state index contributed by atoms with van der Waals surface area (Å²) in [5, 5.41) is 2.89. The van der Waals surface area contributed by atoms with Gasteiger partial charge in [-0.05, 0) is 37.1 Å². The first-order valence-electron chi connectivity index (χ1n) is 6.17. The van der Waals surface area contributed by atoms with E-state index in [-0.39, 0.29) is 18.3 Å². The van der Waals surface area contributed by atoms with E-state index in [0.717, 1.165) is 36.1 Å². The third-order valence-electron chi connectivity index (χ3n) is 3.13. The van der Waals surface area contributed by atoms with Crippen LogP contribution in [0.1, 0.15) is 12.8 Å². The fraction of sp³-hybridized carbons (Fsp3) is 0.462. The van der Waals surface area contributed by atoms with Gasteiger partial charge < -0.3 is 11.1 Å². The van der Waals surface area contributed by atoms with Gasteiger partial charge in [-0.3, -0.25) is 9.69 Å². The molecule has 0 aliphatic carbocycles. The largest absolute Gasteiger partial charge is 0.328 e. The first-order valence-corrected chi connectivity index (χ1v) is 6.96. The Labute approximate surface area is 128 Å². The molecule has 1 aliphatic rings. The molecule has 1 aliphatic heterocycles. The summed E-state index contributed by atoms with van der Waals surface area (Å²) in [5.41, 5.74) is 6.66. The van der Waals surface area contributed by atoms with E-state index in [0.29, 0.717) is 12.6 Å². The number of benzene rings is 1. The van der Waals surface area contributed by atoms with E-state index >= 15 is 0 Å². The van der Waals surface area contributed by atoms with Gasteiger partial charge in [0.05, 0.1) is 6.54 Å². The minimum absolute atomic E-state index is 0. The molecule has 1 amide bonds. The number of nitrogens with one attached hydrogen (secondary N) is 1. The van der Waals surface area contributed by atoms with Crippen LogP contribution in [0.15, 0.2) is 28.7 Å². The van der Waals surface area contributed by atoms with Crippen molar-refractivity contribution in [2.45, 2.75) is 18.9 Å². The summed E-state index contributed by atoms with van der Waals surface area (Å²) in [6.07, 6.45) is 1.96. The van der Waals surface area contributed by atoms with E-state index in [2.05, 4.69) is 26.1 Å². The Kier molecular flexibility index (Phi) is 6.79. The monoisotopic (exact) mass is 347 g/mol. The molecule has 106 valence electrons. The van der Waals surface area contributed by atoms with Gasteiger partial charge in [-0.25, -0.2) is 0 Å². The zero-order valence-electron chi connectivity index (χ0n) is 10.6. The molecule has 1 aromatic carbocycles. The van der Waals surface area contributed by atoms with Crippen LogP contribution in [0.2, 0.25) is 0 Å². The first kappa shape index (κ1) is 16.4. The van der Waals surface area contributed by atoms with Crippen molar-refractivity contribution in [2.75, 3.05) is 25.0 Å². The minimum Gasteiger partial charge on any atom is -0.328 e. The summed E-state index contributed by atoms with van der Waals surface area (Å²) >= 11 is 3.36. The lowest BCUT2D eigenvalue weighted by atomic mass is 10.1. The number of anilines is 1. The maximum Gasteiger partial charge on any atom is 0.238 e. The summed E-state index contributed by atoms with van der Waals surface area (Å²) in [4.78, 5) is 14.0. The number of carbonyl (C=O) groups is 1. The van der Waals surface area contributed by atoms with Gasteiger partial charge >= 0.3 is 0 Å². The Hall–Kier alpha value is -0.620. The molecule has 0 spiro atoms. The molecule has 1 fully saturated rings. The van der Waals surface area contributed by atoms with Gasteiger partial charge in [0.15, 0.2) is 0 Å². The van der Waals surface area contributed by atoms with E-state index in [4.69, 9.17) is 5.73 Å². The standard InChI is InChI=1S/C13H18BrN3O.ClH/c14-10-1-3-12(4-2-10)16-13(18)9-17-7-5-11(15)6-8-17;/h1-4,11H,5-9,15H2,(H,16,18);1H. The maximum atomic E-state index is 11.9. The second-order valence-corrected chi connectivity index (χ2v) is 5.58. The van der Waals surface area contributed by atoms with Gasteiger partial charge in [0.25, 0.3) is 0 Å². The Morgan fingerprint density at radius 2 is 1.89 bits per heavy atom. The number of piperidine rings is 1. The SMILES string of the molecule is Cl.NC1CCN(CC(=O)Nc2ccc(Br)cc2)CC1. The molecule has 0 atom stereocenters. The van der Waals surface area contributed by atoms with E-state index in [9.17, 15) is 4.79 Å². The fourth-order valence-electron chi connectivity index (χ4n) is 2.05. The van der Waals surface area contributed by atoms with Crippen LogP contribution in [0.5, 0.6) is 0 Å². The van der Waals surface area contributed by atoms with Gasteiger partial charge in [0.2, 0.25) is 5.91 Å². The molecule has 4 nitrogen and oxygen atoms in total. The normalized spacial score (nSPS) is 16.7. The number of nitrogens with two attached hydrogens (primary N) is 1. The van der Waals surface area contributed by atoms with Crippen LogP contribution in [0.4, 0.5) is 5.69 Å². The van der Waals surface area contributed by atoms with Crippen molar-refractivity contribution >= 4 is 39.9 Å². The average Bonchev–Trinajstić information content (AvgIpc) is 2.35. The molecule has 0 aromatic heterocycles. The summed E-state index contributed by atoms with van der Waals surface area (Å²) in [7, 11) is 0. The molecular weight excluding hydrogens is 330 g/mol. The van der Waals surface area contributed by atoms with Gasteiger partial charge in [0.1, 0.15) is 0 Å². The van der Waals surface area contributed by atoms with Crippen LogP contribution in [-0.4, -0.2) is 36.5 Å². The molecule has 2 rings (SSSR count). The summed E-state index contributed by atoms with van der Waals surface area (Å²) in [6, 6.07) is 7.89. The van der Waals surface area contributed by atoms with E-state index in [1.54, 1.807) is 0 Å². The van der Waals surface area contributed by atoms with Crippen LogP contribution in [0, 0.1) is 0 Å². The Morgan fingerprint density at radius 3 is 2.47 bits per heavy atom. The minimum atomic E-state index is 0. The molecule has 6 heteroatoms. The summed E-state index contributed by atoms with van der Waals surface area (Å²) < 4.78 is 1.01. The zero-order valence-corrected chi connectivity index (χ0v) is 13.0. The van der Waals surface area contributed by atoms with Crippen molar-refractivity contribution in [2.24, 2.45) is 5.73 Å². The molecule has 19 heavy (non-hydrogen) atoms. The van der Waals surface area contributed by atoms with Gasteiger partial charge in [-0.1, -0.05) is 15.9 Å². The predicted octanol–water partition coefficient (Wildman–Crippen LogP) is 2.23. The second kappa shape index (κ2) is 7.85. The highest BCUT2D eigenvalue weighted by molar-refractivity contribution is 9.10. The summed E-state index contributed by atoms with van der Waals surface area (Å²) in [5.74, 6) is 0.0350. The highest BCUT2D eigenvalue weighted by Gasteiger charge is 2.18. The molecule has 0 bridgehead atoms. The van der Waals surface area contributed by atoms with Gasteiger partial charge in [-0.2, -0.15) is 0 Å². The van der Waals surface area contributed by atoms with Crippen molar-refractivity contribution in [3.63, 3.8) is 0 Å². The van der Waals surface area contributed by atoms with Gasteiger partial charge in [-0.15, -0.1) is 12.4 Å². The van der Waals surface area contributed by atoms with E-state index in [1.807, 2.05) is 24.3 Å². The topological polar surface area (TPSA) is 58.4 Å². The highest BCUT2D eigenvalue weighted by Crippen LogP contribution is 2.14. The molecule has 0 saturated carbocycles. The number of amides is 1. The number of likely N-dealkylation sites (tertiary alicyclic amines) is 1. The molecule has 0 unspecified atom stereocenters. The third-order valence-corrected chi connectivity index (χ3v) is 3.66. The Morgan fingerprint density at radius 1 is 1.32 bits per heavy atom. The maximum absolute atomic E-state index is 11.9. The summed E-state index contributed by atoms with van der Waals surface area (Å²) in [6.45, 7) is 2.27. The number of halogens is 2. The lowest BCUT2D eigenvalue weighted by Gasteiger charge is -2.29. The molecule has 3 N–H and O–H groups in total. The number of hydrogen-bond donors (Lipinski definition) is 2. The first-order chi connectivity index (χ1) is 8.63. The number of nitrogens with zero attached hydrogens (tertiary/aromatic N) is 1. The predicted molar refractivity (Wildman–Crippen MR) is 83.7 cm³/mol. The molecular formula is C13H19BrClN3O. The van der Waals surface area contributed by atoms with E-state index in [1.165, 1.54) is 0 Å². The van der Waals surface area contributed by atoms with Gasteiger partial charge in [0, 0.05) is 29.3 Å². The third kappa shape index (κ3) is 5.48. The Bertz CT molecular complexity index is 405. The smallest absolute Gasteiger partial charge is 0.238 e. The second-order valence-electron chi connectivity index (χ2n) is 4.67. The van der Waals surface area contributed by atoms with E-state index < -0.39 is 0 Å². The van der Waals surface area contributed by atoms with Crippen molar-refractivity contribution in [3.8, 4) is 0 Å². The number of carbonyl (C=O) groups excluding carboxylic acids is 1. The van der Waals surface area contributed by atoms with Crippen molar-refractivity contribution in [1.82, 2.24) is 4.90 Å². The van der Waals surface area contributed by atoms with Crippen LogP contribution >= 0.6 is 28.3 Å². The van der Waals surface area contributed by atoms with Crippen LogP contribution in [0.3, 0.4) is 0 Å². The number of rotatable bonds is 3. The van der Waals surface area contributed by atoms with Crippen molar-refractivity contribution < 1.29 is 4.79 Å². The highest BCUT2D eigenvalue weighted by atomic mass is 79.9. The Balaban J connectivity index is 0.00000180. The lowest BCUT2D eigenvalue weighted by molar-refractivity contribution is -0.117. The van der Waals surface area contributed by atoms with Crippen LogP contribution < -0.4 is 11.1 Å².